The van der Waals surface area contributed by atoms with Gasteiger partial charge in [-0.15, -0.1) is 0 Å². The van der Waals surface area contributed by atoms with Gasteiger partial charge in [0.1, 0.15) is 0 Å². The van der Waals surface area contributed by atoms with Crippen LogP contribution in [-0.2, 0) is 0 Å². The lowest BCUT2D eigenvalue weighted by atomic mass is 10.0. The van der Waals surface area contributed by atoms with Gasteiger partial charge < -0.3 is 0 Å². The maximum absolute atomic E-state index is 13.0. The molecule has 1 N–H and O–H groups in total. The minimum absolute atomic E-state index is 0.298. The van der Waals surface area contributed by atoms with Gasteiger partial charge in [-0.25, -0.2) is 15.4 Å². The number of hydrazone groups is 1. The first kappa shape index (κ1) is 18.6. The number of fused-ring (bicyclic) bond motifs is 2. The second-order valence-electron chi connectivity index (χ2n) is 7.07. The summed E-state index contributed by atoms with van der Waals surface area (Å²) in [6.07, 6.45) is 1.55. The summed E-state index contributed by atoms with van der Waals surface area (Å²) in [6.45, 7) is 0. The van der Waals surface area contributed by atoms with Crippen molar-refractivity contribution in [1.82, 2.24) is 15.4 Å². The fraction of sp³-hybridized carbons (Fsp3) is 0. The Bertz CT molecular complexity index is 1430. The van der Waals surface area contributed by atoms with Crippen molar-refractivity contribution in [3.8, 4) is 11.3 Å². The molecule has 0 saturated carbocycles. The molecule has 148 valence electrons. The van der Waals surface area contributed by atoms with Crippen LogP contribution in [0.4, 0.5) is 0 Å². The number of amides is 1. The molecule has 0 atom stereocenters. The smallest absolute Gasteiger partial charge is 0.267 e. The molecule has 0 spiro atoms. The van der Waals surface area contributed by atoms with Gasteiger partial charge in [-0.2, -0.15) is 5.10 Å². The third-order valence-corrected chi connectivity index (χ3v) is 5.01. The molecule has 0 bridgehead atoms. The van der Waals surface area contributed by atoms with E-state index in [0.29, 0.717) is 11.3 Å². The first-order chi connectivity index (χ1) is 15.3. The van der Waals surface area contributed by atoms with Crippen LogP contribution in [-0.4, -0.2) is 22.1 Å². The van der Waals surface area contributed by atoms with Crippen molar-refractivity contribution in [3.63, 3.8) is 0 Å². The highest BCUT2D eigenvalue weighted by atomic mass is 16.2. The lowest BCUT2D eigenvalue weighted by Crippen LogP contribution is -2.18. The van der Waals surface area contributed by atoms with Gasteiger partial charge in [-0.3, -0.25) is 4.79 Å². The number of nitrogens with zero attached hydrogens (tertiary/aromatic N) is 3. The summed E-state index contributed by atoms with van der Waals surface area (Å²) in [4.78, 5) is 22.2. The maximum atomic E-state index is 13.0. The Hall–Kier alpha value is -4.38. The fourth-order valence-electron chi connectivity index (χ4n) is 3.49. The summed E-state index contributed by atoms with van der Waals surface area (Å²) in [5, 5.41) is 5.96. The van der Waals surface area contributed by atoms with Crippen LogP contribution in [0.15, 0.2) is 102 Å². The van der Waals surface area contributed by atoms with E-state index in [1.54, 1.807) is 12.3 Å². The molecule has 5 nitrogen and oxygen atoms in total. The average Bonchev–Trinajstić information content (AvgIpc) is 2.83. The minimum atomic E-state index is -0.298. The van der Waals surface area contributed by atoms with Crippen molar-refractivity contribution >= 4 is 33.9 Å². The Morgan fingerprint density at radius 2 is 1.52 bits per heavy atom. The lowest BCUT2D eigenvalue weighted by Gasteiger charge is -2.09. The molecule has 0 aliphatic heterocycles. The number of hydrogen-bond donors (Lipinski definition) is 1. The molecule has 0 saturated heterocycles. The zero-order valence-corrected chi connectivity index (χ0v) is 16.6. The largest absolute Gasteiger partial charge is 0.272 e. The van der Waals surface area contributed by atoms with Crippen molar-refractivity contribution in [3.05, 3.63) is 108 Å². The van der Waals surface area contributed by atoms with Gasteiger partial charge in [0, 0.05) is 16.3 Å². The fourth-order valence-corrected chi connectivity index (χ4v) is 3.49. The van der Waals surface area contributed by atoms with E-state index >= 15 is 0 Å². The molecule has 0 fully saturated rings. The Kier molecular flexibility index (Phi) is 4.91. The molecule has 2 aromatic heterocycles. The predicted octanol–water partition coefficient (Wildman–Crippen LogP) is 5.21. The highest BCUT2D eigenvalue weighted by Crippen LogP contribution is 2.24. The summed E-state index contributed by atoms with van der Waals surface area (Å²) >= 11 is 0. The second kappa shape index (κ2) is 8.16. The molecule has 0 aliphatic carbocycles. The third kappa shape index (κ3) is 3.89. The highest BCUT2D eigenvalue weighted by Gasteiger charge is 2.13. The summed E-state index contributed by atoms with van der Waals surface area (Å²) in [5.74, 6) is -0.298. The topological polar surface area (TPSA) is 67.2 Å². The van der Waals surface area contributed by atoms with E-state index in [9.17, 15) is 4.79 Å². The molecular weight excluding hydrogens is 384 g/mol. The van der Waals surface area contributed by atoms with E-state index < -0.39 is 0 Å². The van der Waals surface area contributed by atoms with Crippen molar-refractivity contribution in [2.75, 3.05) is 0 Å². The van der Waals surface area contributed by atoms with Crippen LogP contribution in [0, 0.1) is 0 Å². The zero-order valence-electron chi connectivity index (χ0n) is 16.6. The van der Waals surface area contributed by atoms with Crippen LogP contribution in [0.2, 0.25) is 0 Å². The van der Waals surface area contributed by atoms with Crippen molar-refractivity contribution in [1.29, 1.82) is 0 Å². The first-order valence-electron chi connectivity index (χ1n) is 9.92. The molecule has 5 aromatic rings. The van der Waals surface area contributed by atoms with Crippen molar-refractivity contribution < 1.29 is 4.79 Å². The first-order valence-corrected chi connectivity index (χ1v) is 9.92. The van der Waals surface area contributed by atoms with E-state index in [-0.39, 0.29) is 5.91 Å². The van der Waals surface area contributed by atoms with E-state index in [1.807, 2.05) is 91.0 Å². The average molecular weight is 402 g/mol. The number of aromatic nitrogens is 2. The number of para-hydroxylation sites is 2. The summed E-state index contributed by atoms with van der Waals surface area (Å²) < 4.78 is 0. The number of rotatable bonds is 4. The van der Waals surface area contributed by atoms with Crippen molar-refractivity contribution in [2.24, 2.45) is 5.10 Å². The molecule has 0 radical (unpaired) electrons. The monoisotopic (exact) mass is 402 g/mol. The summed E-state index contributed by atoms with van der Waals surface area (Å²) in [5.41, 5.74) is 7.15. The van der Waals surface area contributed by atoms with E-state index in [0.717, 1.165) is 33.1 Å². The zero-order chi connectivity index (χ0) is 21.0. The maximum Gasteiger partial charge on any atom is 0.272 e. The van der Waals surface area contributed by atoms with Crippen LogP contribution >= 0.6 is 0 Å². The normalized spacial score (nSPS) is 11.2. The second-order valence-corrected chi connectivity index (χ2v) is 7.07. The van der Waals surface area contributed by atoms with Gasteiger partial charge >= 0.3 is 0 Å². The molecule has 0 unspecified atom stereocenters. The molecule has 5 rings (SSSR count). The number of carbonyl (C=O) groups is 1. The van der Waals surface area contributed by atoms with Gasteiger partial charge in [0.05, 0.1) is 34.2 Å². The van der Waals surface area contributed by atoms with Gasteiger partial charge in [-0.05, 0) is 24.3 Å². The van der Waals surface area contributed by atoms with E-state index in [4.69, 9.17) is 4.98 Å². The molecular formula is C26H18N4O. The third-order valence-electron chi connectivity index (χ3n) is 5.01. The molecule has 3 aromatic carbocycles. The quantitative estimate of drug-likeness (QED) is 0.331. The number of benzene rings is 3. The SMILES string of the molecule is O=C(N/N=C/c1ccc2ccccc2n1)c1cc(-c2ccccc2)nc2ccccc12. The summed E-state index contributed by atoms with van der Waals surface area (Å²) in [6, 6.07) is 30.9. The van der Waals surface area contributed by atoms with Crippen LogP contribution in [0.3, 0.4) is 0 Å². The number of hydrogen-bond acceptors (Lipinski definition) is 4. The lowest BCUT2D eigenvalue weighted by molar-refractivity contribution is 0.0956. The number of nitrogens with one attached hydrogen (secondary N) is 1. The summed E-state index contributed by atoms with van der Waals surface area (Å²) in [7, 11) is 0. The van der Waals surface area contributed by atoms with Gasteiger partial charge in [0.15, 0.2) is 0 Å². The van der Waals surface area contributed by atoms with E-state index in [2.05, 4.69) is 15.5 Å². The Balaban J connectivity index is 1.45. The van der Waals surface area contributed by atoms with Gasteiger partial charge in [-0.1, -0.05) is 72.8 Å². The number of pyridine rings is 2. The van der Waals surface area contributed by atoms with Crippen LogP contribution in [0.1, 0.15) is 16.1 Å². The Morgan fingerprint density at radius 3 is 2.39 bits per heavy atom. The van der Waals surface area contributed by atoms with Crippen LogP contribution in [0.25, 0.3) is 33.1 Å². The number of carbonyl (C=O) groups excluding carboxylic acids is 1. The standard InChI is InChI=1S/C26H18N4O/c31-26(30-27-17-20-15-14-19-10-4-6-12-23(19)28-20)22-16-25(18-8-2-1-3-9-18)29-24-13-7-5-11-21(22)24/h1-17H,(H,30,31)/b27-17+. The van der Waals surface area contributed by atoms with Crippen LogP contribution < -0.4 is 5.43 Å². The molecule has 1 amide bonds. The van der Waals surface area contributed by atoms with E-state index in [1.165, 1.54) is 0 Å². The Labute approximate surface area is 179 Å². The van der Waals surface area contributed by atoms with Gasteiger partial charge in [0.2, 0.25) is 0 Å². The highest BCUT2D eigenvalue weighted by molar-refractivity contribution is 6.07. The van der Waals surface area contributed by atoms with Gasteiger partial charge in [0.25, 0.3) is 5.91 Å². The molecule has 2 heterocycles. The molecule has 5 heteroatoms. The van der Waals surface area contributed by atoms with Crippen molar-refractivity contribution in [2.45, 2.75) is 0 Å². The molecule has 0 aliphatic rings. The predicted molar refractivity (Wildman–Crippen MR) is 124 cm³/mol. The molecule has 31 heavy (non-hydrogen) atoms. The Morgan fingerprint density at radius 1 is 0.774 bits per heavy atom. The van der Waals surface area contributed by atoms with Crippen LogP contribution in [0.5, 0.6) is 0 Å². The minimum Gasteiger partial charge on any atom is -0.267 e.